The summed E-state index contributed by atoms with van der Waals surface area (Å²) in [6, 6.07) is 20.0. The minimum Gasteiger partial charge on any atom is -0.372 e. The molecule has 5 rings (SSSR count). The predicted octanol–water partition coefficient (Wildman–Crippen LogP) is 6.38. The van der Waals surface area contributed by atoms with Crippen molar-refractivity contribution < 1.29 is 4.79 Å². The van der Waals surface area contributed by atoms with Crippen molar-refractivity contribution >= 4 is 40.1 Å². The van der Waals surface area contributed by atoms with Gasteiger partial charge in [-0.25, -0.2) is 0 Å². The third-order valence-corrected chi connectivity index (χ3v) is 6.67. The van der Waals surface area contributed by atoms with Gasteiger partial charge in [-0.15, -0.1) is 11.3 Å². The molecule has 0 unspecified atom stereocenters. The van der Waals surface area contributed by atoms with Crippen molar-refractivity contribution in [1.29, 1.82) is 0 Å². The average Bonchev–Trinajstić information content (AvgIpc) is 3.17. The Labute approximate surface area is 173 Å². The van der Waals surface area contributed by atoms with E-state index in [1.54, 1.807) is 11.3 Å². The molecule has 2 aromatic carbocycles. The van der Waals surface area contributed by atoms with Crippen LogP contribution in [0.4, 0.5) is 11.4 Å². The van der Waals surface area contributed by atoms with Crippen LogP contribution in [0.25, 0.3) is 0 Å². The molecule has 0 fully saturated rings. The third-order valence-electron chi connectivity index (χ3n) is 5.48. The van der Waals surface area contributed by atoms with Gasteiger partial charge in [0.1, 0.15) is 0 Å². The molecule has 2 aliphatic rings. The monoisotopic (exact) mass is 406 g/mol. The molecule has 5 heteroatoms. The molecule has 0 saturated heterocycles. The van der Waals surface area contributed by atoms with Gasteiger partial charge in [-0.2, -0.15) is 0 Å². The zero-order valence-electron chi connectivity index (χ0n) is 15.1. The molecule has 140 valence electrons. The van der Waals surface area contributed by atoms with Crippen LogP contribution in [-0.4, -0.2) is 5.78 Å². The number of carbonyl (C=O) groups is 1. The van der Waals surface area contributed by atoms with E-state index >= 15 is 0 Å². The Kier molecular flexibility index (Phi) is 4.46. The number of hydrogen-bond acceptors (Lipinski definition) is 4. The number of benzene rings is 2. The molecule has 3 nitrogen and oxygen atoms in total. The van der Waals surface area contributed by atoms with E-state index in [2.05, 4.69) is 34.2 Å². The first-order chi connectivity index (χ1) is 13.7. The number of halogens is 1. The van der Waals surface area contributed by atoms with Crippen LogP contribution in [0.2, 0.25) is 5.02 Å². The van der Waals surface area contributed by atoms with Crippen LogP contribution in [0.3, 0.4) is 0 Å². The van der Waals surface area contributed by atoms with Crippen molar-refractivity contribution in [2.75, 3.05) is 10.6 Å². The standard InChI is InChI=1S/C23H19ClN2OS/c24-16-9-7-14(8-10-16)15-12-19-22(20(27)13-15)23(21-6-3-11-28-21)26-18-5-2-1-4-17(18)25-19/h1-11,15,23,25-26H,12-13H2/t15-,23+/m0/s1. The van der Waals surface area contributed by atoms with Crippen LogP contribution in [0.15, 0.2) is 77.3 Å². The molecule has 0 bridgehead atoms. The van der Waals surface area contributed by atoms with Crippen LogP contribution in [0.1, 0.15) is 35.2 Å². The highest BCUT2D eigenvalue weighted by molar-refractivity contribution is 7.10. The Morgan fingerprint density at radius 2 is 1.71 bits per heavy atom. The van der Waals surface area contributed by atoms with Gasteiger partial charge in [-0.05, 0) is 53.6 Å². The fourth-order valence-electron chi connectivity index (χ4n) is 4.13. The van der Waals surface area contributed by atoms with E-state index in [-0.39, 0.29) is 17.7 Å². The van der Waals surface area contributed by atoms with Gasteiger partial charge in [0.05, 0.1) is 17.4 Å². The van der Waals surface area contributed by atoms with Gasteiger partial charge in [0.15, 0.2) is 5.78 Å². The number of allylic oxidation sites excluding steroid dienone is 1. The van der Waals surface area contributed by atoms with Crippen molar-refractivity contribution in [3.05, 3.63) is 92.8 Å². The number of carbonyl (C=O) groups excluding carboxylic acids is 1. The summed E-state index contributed by atoms with van der Waals surface area (Å²) in [7, 11) is 0. The molecule has 2 heterocycles. The number of anilines is 2. The van der Waals surface area contributed by atoms with Gasteiger partial charge in [0.25, 0.3) is 0 Å². The molecular formula is C23H19ClN2OS. The van der Waals surface area contributed by atoms with Crippen LogP contribution in [0.5, 0.6) is 0 Å². The fraction of sp³-hybridized carbons (Fsp3) is 0.174. The second-order valence-corrected chi connectivity index (χ2v) is 8.65. The van der Waals surface area contributed by atoms with Gasteiger partial charge in [0.2, 0.25) is 0 Å². The molecule has 2 N–H and O–H groups in total. The summed E-state index contributed by atoms with van der Waals surface area (Å²) >= 11 is 7.73. The molecule has 1 aliphatic carbocycles. The number of para-hydroxylation sites is 2. The second kappa shape index (κ2) is 7.12. The first kappa shape index (κ1) is 17.5. The summed E-state index contributed by atoms with van der Waals surface area (Å²) in [4.78, 5) is 14.5. The zero-order chi connectivity index (χ0) is 19.1. The first-order valence-corrected chi connectivity index (χ1v) is 10.6. The van der Waals surface area contributed by atoms with Gasteiger partial charge < -0.3 is 10.6 Å². The molecular weight excluding hydrogens is 388 g/mol. The fourth-order valence-corrected chi connectivity index (χ4v) is 5.04. The number of hydrogen-bond donors (Lipinski definition) is 2. The topological polar surface area (TPSA) is 41.1 Å². The summed E-state index contributed by atoms with van der Waals surface area (Å²) in [5.74, 6) is 0.359. The highest BCUT2D eigenvalue weighted by Crippen LogP contribution is 2.44. The number of ketones is 1. The van der Waals surface area contributed by atoms with Crippen molar-refractivity contribution in [3.63, 3.8) is 0 Å². The van der Waals surface area contributed by atoms with Crippen molar-refractivity contribution in [2.45, 2.75) is 24.8 Å². The summed E-state index contributed by atoms with van der Waals surface area (Å²) in [5.41, 5.74) is 5.07. The van der Waals surface area contributed by atoms with Gasteiger partial charge in [-0.1, -0.05) is 41.9 Å². The largest absolute Gasteiger partial charge is 0.372 e. The Bertz CT molecular complexity index is 1060. The molecule has 0 amide bonds. The normalized spacial score (nSPS) is 21.2. The molecule has 0 spiro atoms. The highest BCUT2D eigenvalue weighted by atomic mass is 35.5. The van der Waals surface area contributed by atoms with Gasteiger partial charge in [0, 0.05) is 27.6 Å². The second-order valence-electron chi connectivity index (χ2n) is 7.24. The molecule has 1 aliphatic heterocycles. The first-order valence-electron chi connectivity index (χ1n) is 9.37. The van der Waals surface area contributed by atoms with Crippen LogP contribution in [-0.2, 0) is 4.79 Å². The summed E-state index contributed by atoms with van der Waals surface area (Å²) < 4.78 is 0. The Balaban J connectivity index is 1.59. The molecule has 3 aromatic rings. The van der Waals surface area contributed by atoms with E-state index in [1.165, 1.54) is 0 Å². The van der Waals surface area contributed by atoms with Crippen molar-refractivity contribution in [2.24, 2.45) is 0 Å². The lowest BCUT2D eigenvalue weighted by atomic mass is 9.79. The number of rotatable bonds is 2. The predicted molar refractivity (Wildman–Crippen MR) is 116 cm³/mol. The molecule has 2 atom stereocenters. The highest BCUT2D eigenvalue weighted by Gasteiger charge is 2.36. The van der Waals surface area contributed by atoms with E-state index in [0.29, 0.717) is 11.4 Å². The van der Waals surface area contributed by atoms with Crippen molar-refractivity contribution in [3.8, 4) is 0 Å². The quantitative estimate of drug-likeness (QED) is 0.518. The van der Waals surface area contributed by atoms with E-state index in [1.807, 2.05) is 42.5 Å². The van der Waals surface area contributed by atoms with E-state index < -0.39 is 0 Å². The maximum atomic E-state index is 13.3. The maximum Gasteiger partial charge on any atom is 0.163 e. The minimum atomic E-state index is -0.121. The van der Waals surface area contributed by atoms with Crippen LogP contribution >= 0.6 is 22.9 Å². The summed E-state index contributed by atoms with van der Waals surface area (Å²) in [6.45, 7) is 0. The van der Waals surface area contributed by atoms with E-state index in [9.17, 15) is 4.79 Å². The number of fused-ring (bicyclic) bond motifs is 1. The van der Waals surface area contributed by atoms with Crippen molar-refractivity contribution in [1.82, 2.24) is 0 Å². The number of nitrogens with one attached hydrogen (secondary N) is 2. The van der Waals surface area contributed by atoms with E-state index in [4.69, 9.17) is 11.6 Å². The SMILES string of the molecule is O=C1C[C@@H](c2ccc(Cl)cc2)CC2=C1[C@@H](c1cccs1)Nc1ccccc1N2. The Morgan fingerprint density at radius 3 is 2.46 bits per heavy atom. The molecule has 0 radical (unpaired) electrons. The summed E-state index contributed by atoms with van der Waals surface area (Å²) in [6.07, 6.45) is 1.32. The zero-order valence-corrected chi connectivity index (χ0v) is 16.7. The van der Waals surface area contributed by atoms with E-state index in [0.717, 1.165) is 39.5 Å². The maximum absolute atomic E-state index is 13.3. The smallest absolute Gasteiger partial charge is 0.163 e. The number of thiophene rings is 1. The lowest BCUT2D eigenvalue weighted by molar-refractivity contribution is -0.116. The summed E-state index contributed by atoms with van der Waals surface area (Å²) in [5, 5.41) is 9.95. The molecule has 28 heavy (non-hydrogen) atoms. The van der Waals surface area contributed by atoms with Gasteiger partial charge in [-0.3, -0.25) is 4.79 Å². The lowest BCUT2D eigenvalue weighted by Gasteiger charge is -2.29. The van der Waals surface area contributed by atoms with Gasteiger partial charge >= 0.3 is 0 Å². The van der Waals surface area contributed by atoms with Crippen LogP contribution in [0, 0.1) is 0 Å². The van der Waals surface area contributed by atoms with Crippen LogP contribution < -0.4 is 10.6 Å². The third kappa shape index (κ3) is 3.13. The average molecular weight is 407 g/mol. The Hall–Kier alpha value is -2.56. The number of Topliss-reactive ketones (excluding diaryl/α,β-unsaturated/α-hetero) is 1. The lowest BCUT2D eigenvalue weighted by Crippen LogP contribution is -2.26. The molecule has 1 aromatic heterocycles. The Morgan fingerprint density at radius 1 is 0.929 bits per heavy atom. The molecule has 0 saturated carbocycles. The minimum absolute atomic E-state index is 0.121.